The Morgan fingerprint density at radius 2 is 2.28 bits per heavy atom. The van der Waals surface area contributed by atoms with Gasteiger partial charge in [0.25, 0.3) is 11.6 Å². The summed E-state index contributed by atoms with van der Waals surface area (Å²) in [7, 11) is 0. The van der Waals surface area contributed by atoms with Crippen LogP contribution < -0.4 is 0 Å². The van der Waals surface area contributed by atoms with E-state index in [0.29, 0.717) is 18.9 Å². The third-order valence-electron chi connectivity index (χ3n) is 2.69. The van der Waals surface area contributed by atoms with E-state index in [2.05, 4.69) is 4.99 Å². The van der Waals surface area contributed by atoms with Crippen LogP contribution in [0.4, 0.5) is 5.69 Å². The number of nitrogens with zero attached hydrogens (tertiary/aromatic N) is 3. The molecule has 1 aliphatic heterocycles. The van der Waals surface area contributed by atoms with Crippen LogP contribution in [0.5, 0.6) is 0 Å². The van der Waals surface area contributed by atoms with Crippen LogP contribution in [-0.4, -0.2) is 34.7 Å². The van der Waals surface area contributed by atoms with E-state index < -0.39 is 10.8 Å². The number of halogens is 1. The Morgan fingerprint density at radius 3 is 2.83 bits per heavy atom. The molecule has 0 fully saturated rings. The summed E-state index contributed by atoms with van der Waals surface area (Å²) >= 11 is 5.70. The van der Waals surface area contributed by atoms with Gasteiger partial charge < -0.3 is 0 Å². The summed E-state index contributed by atoms with van der Waals surface area (Å²) < 4.78 is 0. The molecule has 0 spiro atoms. The van der Waals surface area contributed by atoms with E-state index in [9.17, 15) is 14.9 Å². The van der Waals surface area contributed by atoms with Crippen molar-refractivity contribution in [2.75, 3.05) is 13.1 Å². The number of hydrogen-bond donors (Lipinski definition) is 0. The highest BCUT2D eigenvalue weighted by Gasteiger charge is 2.28. The van der Waals surface area contributed by atoms with Crippen molar-refractivity contribution in [2.45, 2.75) is 6.92 Å². The lowest BCUT2D eigenvalue weighted by Gasteiger charge is -2.15. The van der Waals surface area contributed by atoms with Gasteiger partial charge in [0.1, 0.15) is 11.4 Å². The molecule has 0 aliphatic carbocycles. The zero-order valence-corrected chi connectivity index (χ0v) is 10.3. The van der Waals surface area contributed by atoms with Crippen LogP contribution in [0.3, 0.4) is 0 Å². The van der Waals surface area contributed by atoms with Crippen molar-refractivity contribution < 1.29 is 9.72 Å². The van der Waals surface area contributed by atoms with E-state index in [1.54, 1.807) is 6.92 Å². The molecule has 0 aromatic heterocycles. The van der Waals surface area contributed by atoms with Gasteiger partial charge in [-0.2, -0.15) is 0 Å². The lowest BCUT2D eigenvalue weighted by atomic mass is 10.1. The number of carbonyl (C=O) groups excluding carboxylic acids is 1. The highest BCUT2D eigenvalue weighted by Crippen LogP contribution is 2.25. The highest BCUT2D eigenvalue weighted by atomic mass is 35.5. The van der Waals surface area contributed by atoms with Gasteiger partial charge in [-0.3, -0.25) is 24.8 Å². The van der Waals surface area contributed by atoms with Gasteiger partial charge in [-0.25, -0.2) is 0 Å². The summed E-state index contributed by atoms with van der Waals surface area (Å²) in [5, 5.41) is 11.1. The molecule has 1 amide bonds. The van der Waals surface area contributed by atoms with Gasteiger partial charge in [0.15, 0.2) is 0 Å². The first kappa shape index (κ1) is 12.5. The Labute approximate surface area is 108 Å². The summed E-state index contributed by atoms with van der Waals surface area (Å²) in [5.41, 5.74) is -0.256. The van der Waals surface area contributed by atoms with Crippen molar-refractivity contribution in [3.8, 4) is 0 Å². The first-order chi connectivity index (χ1) is 8.50. The number of amidine groups is 1. The topological polar surface area (TPSA) is 75.8 Å². The SMILES string of the molecule is CC1=NCCN1C(=O)c1ccc(Cl)cc1[N+](=O)[O-]. The van der Waals surface area contributed by atoms with Crippen LogP contribution in [0.15, 0.2) is 23.2 Å². The Hall–Kier alpha value is -1.95. The van der Waals surface area contributed by atoms with Crippen molar-refractivity contribution in [1.29, 1.82) is 0 Å². The molecule has 0 N–H and O–H groups in total. The average molecular weight is 268 g/mol. The van der Waals surface area contributed by atoms with Crippen LogP contribution in [0.2, 0.25) is 5.02 Å². The molecule has 2 rings (SSSR count). The molecule has 18 heavy (non-hydrogen) atoms. The quantitative estimate of drug-likeness (QED) is 0.608. The molecule has 0 bridgehead atoms. The maximum atomic E-state index is 12.2. The van der Waals surface area contributed by atoms with E-state index in [4.69, 9.17) is 11.6 Å². The fourth-order valence-corrected chi connectivity index (χ4v) is 1.96. The molecule has 1 aromatic carbocycles. The van der Waals surface area contributed by atoms with Gasteiger partial charge in [-0.05, 0) is 19.1 Å². The summed E-state index contributed by atoms with van der Waals surface area (Å²) in [5.74, 6) is 0.154. The monoisotopic (exact) mass is 267 g/mol. The van der Waals surface area contributed by atoms with Crippen molar-refractivity contribution in [1.82, 2.24) is 4.90 Å². The Bertz CT molecular complexity index is 556. The number of amides is 1. The largest absolute Gasteiger partial charge is 0.295 e. The van der Waals surface area contributed by atoms with Crippen LogP contribution in [0.25, 0.3) is 0 Å². The normalized spacial score (nSPS) is 14.6. The minimum absolute atomic E-state index is 0.0286. The van der Waals surface area contributed by atoms with Gasteiger partial charge in [-0.15, -0.1) is 0 Å². The second-order valence-electron chi connectivity index (χ2n) is 3.80. The lowest BCUT2D eigenvalue weighted by Crippen LogP contribution is -2.33. The fraction of sp³-hybridized carbons (Fsp3) is 0.273. The standard InChI is InChI=1S/C11H10ClN3O3/c1-7-13-4-5-14(7)11(16)9-3-2-8(12)6-10(9)15(17)18/h2-3,6H,4-5H2,1H3. The zero-order chi connectivity index (χ0) is 13.3. The molecule has 0 saturated heterocycles. The molecule has 94 valence electrons. The maximum Gasteiger partial charge on any atom is 0.283 e. The van der Waals surface area contributed by atoms with Crippen molar-refractivity contribution in [3.05, 3.63) is 38.9 Å². The van der Waals surface area contributed by atoms with Gasteiger partial charge in [-0.1, -0.05) is 11.6 Å². The van der Waals surface area contributed by atoms with Gasteiger partial charge >= 0.3 is 0 Å². The predicted octanol–water partition coefficient (Wildman–Crippen LogP) is 2.12. The number of hydrogen-bond acceptors (Lipinski definition) is 4. The van der Waals surface area contributed by atoms with Crippen molar-refractivity contribution in [2.24, 2.45) is 4.99 Å². The van der Waals surface area contributed by atoms with E-state index in [0.717, 1.165) is 0 Å². The lowest BCUT2D eigenvalue weighted by molar-refractivity contribution is -0.385. The molecule has 0 saturated carbocycles. The van der Waals surface area contributed by atoms with E-state index >= 15 is 0 Å². The Morgan fingerprint density at radius 1 is 1.56 bits per heavy atom. The number of carbonyl (C=O) groups is 1. The van der Waals surface area contributed by atoms with E-state index in [1.807, 2.05) is 0 Å². The van der Waals surface area contributed by atoms with Crippen LogP contribution >= 0.6 is 11.6 Å². The number of benzene rings is 1. The summed E-state index contributed by atoms with van der Waals surface area (Å²) in [6.07, 6.45) is 0. The summed E-state index contributed by atoms with van der Waals surface area (Å²) in [6.45, 7) is 2.68. The van der Waals surface area contributed by atoms with E-state index in [1.165, 1.54) is 23.1 Å². The summed E-state index contributed by atoms with van der Waals surface area (Å²) in [6, 6.07) is 4.01. The van der Waals surface area contributed by atoms with Gasteiger partial charge in [0.05, 0.1) is 11.5 Å². The Kier molecular flexibility index (Phi) is 3.29. The molecule has 0 atom stereocenters. The second-order valence-corrected chi connectivity index (χ2v) is 4.24. The van der Waals surface area contributed by atoms with E-state index in [-0.39, 0.29) is 16.3 Å². The maximum absolute atomic E-state index is 12.2. The third kappa shape index (κ3) is 2.19. The van der Waals surface area contributed by atoms with Crippen LogP contribution in [0, 0.1) is 10.1 Å². The minimum Gasteiger partial charge on any atom is -0.295 e. The van der Waals surface area contributed by atoms with Crippen LogP contribution in [0.1, 0.15) is 17.3 Å². The smallest absolute Gasteiger partial charge is 0.283 e. The minimum atomic E-state index is -0.609. The third-order valence-corrected chi connectivity index (χ3v) is 2.92. The molecule has 0 unspecified atom stereocenters. The number of nitro groups is 1. The van der Waals surface area contributed by atoms with Crippen LogP contribution in [-0.2, 0) is 0 Å². The number of aliphatic imine (C=N–C) groups is 1. The molecular weight excluding hydrogens is 258 g/mol. The molecule has 1 aromatic rings. The molecule has 0 radical (unpaired) electrons. The first-order valence-corrected chi connectivity index (χ1v) is 5.65. The first-order valence-electron chi connectivity index (χ1n) is 5.27. The molecule has 1 aliphatic rings. The average Bonchev–Trinajstić information content (AvgIpc) is 2.74. The second kappa shape index (κ2) is 4.73. The zero-order valence-electron chi connectivity index (χ0n) is 9.59. The fourth-order valence-electron chi connectivity index (χ4n) is 1.79. The van der Waals surface area contributed by atoms with Crippen molar-refractivity contribution in [3.63, 3.8) is 0 Å². The molecular formula is C11H10ClN3O3. The number of rotatable bonds is 2. The van der Waals surface area contributed by atoms with Crippen molar-refractivity contribution >= 4 is 29.0 Å². The van der Waals surface area contributed by atoms with Gasteiger partial charge in [0.2, 0.25) is 0 Å². The predicted molar refractivity (Wildman–Crippen MR) is 67.1 cm³/mol. The Balaban J connectivity index is 2.42. The highest BCUT2D eigenvalue weighted by molar-refractivity contribution is 6.31. The summed E-state index contributed by atoms with van der Waals surface area (Å²) in [4.78, 5) is 28.0. The van der Waals surface area contributed by atoms with Gasteiger partial charge in [0, 0.05) is 17.6 Å². The molecule has 7 heteroatoms. The number of nitro benzene ring substituents is 1. The molecule has 1 heterocycles. The molecule has 6 nitrogen and oxygen atoms in total.